The van der Waals surface area contributed by atoms with E-state index < -0.39 is 0 Å². The molecule has 0 radical (unpaired) electrons. The van der Waals surface area contributed by atoms with Gasteiger partial charge in [-0.1, -0.05) is 265 Å². The first kappa shape index (κ1) is 56.4. The zero-order valence-electron chi connectivity index (χ0n) is 54.3. The fourth-order valence-corrected chi connectivity index (χ4v) is 19.4. The first-order valence-corrected chi connectivity index (χ1v) is 36.4. The zero-order chi connectivity index (χ0) is 61.8. The maximum absolute atomic E-state index is 2.73. The highest BCUT2D eigenvalue weighted by atomic mass is 15.1. The molecule has 0 unspecified atom stereocenters. The molecule has 462 valence electrons. The van der Waals surface area contributed by atoms with Crippen LogP contribution in [-0.2, 0) is 0 Å². The average molecular weight is 1220 g/mol. The summed E-state index contributed by atoms with van der Waals surface area (Å²) in [6, 6.07) is 91.3. The highest BCUT2D eigenvalue weighted by Crippen LogP contribution is 2.56. The van der Waals surface area contributed by atoms with Crippen LogP contribution in [0.25, 0.3) is 98.4 Å². The first-order chi connectivity index (χ1) is 46.7. The van der Waals surface area contributed by atoms with Gasteiger partial charge in [0, 0.05) is 71.5 Å². The van der Waals surface area contributed by atoms with Crippen LogP contribution in [0.5, 0.6) is 0 Å². The Kier molecular flexibility index (Phi) is 14.0. The van der Waals surface area contributed by atoms with E-state index in [0.29, 0.717) is 23.7 Å². The van der Waals surface area contributed by atoms with Gasteiger partial charge >= 0.3 is 0 Å². The van der Waals surface area contributed by atoms with Crippen molar-refractivity contribution in [2.45, 2.75) is 158 Å². The SMILES string of the molecule is c1ccc(-c2c3c4cccc5c6c(C(c7ccc(C8CCCCC8)cc7)c7ccc(C8CCCCC8)cc7)cccc6n(c3c(-c3ccccc3)c3c6cccc7c8c(N(c9ccc(C%10CCCCC%10)cc9)c9ccc(C%10CCCCC%10)cc9)cccc8n(c23)c76)c54)cc1. The fraction of sp³-hybridized carbons (Fsp3) is 0.275. The molecule has 4 aliphatic carbocycles. The molecule has 3 heteroatoms. The molecule has 0 bridgehead atoms. The van der Waals surface area contributed by atoms with Crippen LogP contribution in [0, 0.1) is 0 Å². The third-order valence-corrected chi connectivity index (χ3v) is 23.9. The molecule has 0 N–H and O–H groups in total. The predicted molar refractivity (Wildman–Crippen MR) is 398 cm³/mol. The van der Waals surface area contributed by atoms with Crippen molar-refractivity contribution in [3.63, 3.8) is 0 Å². The Morgan fingerprint density at radius 3 is 1.02 bits per heavy atom. The zero-order valence-corrected chi connectivity index (χ0v) is 54.3. The van der Waals surface area contributed by atoms with Crippen LogP contribution in [0.2, 0.25) is 0 Å². The fourth-order valence-electron chi connectivity index (χ4n) is 19.4. The Balaban J connectivity index is 0.875. The second-order valence-electron chi connectivity index (χ2n) is 29.0. The number of rotatable bonds is 12. The summed E-state index contributed by atoms with van der Waals surface area (Å²) in [4.78, 5) is 2.59. The van der Waals surface area contributed by atoms with Gasteiger partial charge in [0.25, 0.3) is 0 Å². The van der Waals surface area contributed by atoms with E-state index in [1.807, 2.05) is 0 Å². The number of fused-ring (bicyclic) bond motifs is 12. The van der Waals surface area contributed by atoms with Gasteiger partial charge in [-0.15, -0.1) is 0 Å². The molecule has 15 aromatic rings. The van der Waals surface area contributed by atoms with Crippen LogP contribution in [-0.4, -0.2) is 8.80 Å². The summed E-state index contributed by atoms with van der Waals surface area (Å²) in [6.45, 7) is 0. The largest absolute Gasteiger partial charge is 0.310 e. The van der Waals surface area contributed by atoms with Crippen LogP contribution in [0.4, 0.5) is 17.1 Å². The molecule has 94 heavy (non-hydrogen) atoms. The van der Waals surface area contributed by atoms with E-state index in [9.17, 15) is 0 Å². The van der Waals surface area contributed by atoms with Gasteiger partial charge in [0.1, 0.15) is 0 Å². The number of hydrogen-bond acceptors (Lipinski definition) is 1. The van der Waals surface area contributed by atoms with Crippen LogP contribution in [0.3, 0.4) is 0 Å². The van der Waals surface area contributed by atoms with Gasteiger partial charge in [-0.05, 0) is 168 Å². The van der Waals surface area contributed by atoms with Gasteiger partial charge in [-0.2, -0.15) is 0 Å². The van der Waals surface area contributed by atoms with Crippen LogP contribution >= 0.6 is 0 Å². The third-order valence-electron chi connectivity index (χ3n) is 23.9. The summed E-state index contributed by atoms with van der Waals surface area (Å²) in [5.41, 5.74) is 26.4. The van der Waals surface area contributed by atoms with Gasteiger partial charge in [0.15, 0.2) is 0 Å². The van der Waals surface area contributed by atoms with E-state index >= 15 is 0 Å². The van der Waals surface area contributed by atoms with E-state index in [4.69, 9.17) is 0 Å². The molecule has 0 amide bonds. The molecule has 4 saturated carbocycles. The molecule has 0 saturated heterocycles. The number of benzene rings is 11. The van der Waals surface area contributed by atoms with Gasteiger partial charge in [-0.3, -0.25) is 0 Å². The highest BCUT2D eigenvalue weighted by Gasteiger charge is 2.34. The monoisotopic (exact) mass is 1220 g/mol. The van der Waals surface area contributed by atoms with E-state index in [-0.39, 0.29) is 5.92 Å². The minimum absolute atomic E-state index is 0.0408. The molecule has 0 atom stereocenters. The second-order valence-corrected chi connectivity index (χ2v) is 29.0. The average Bonchev–Trinajstić information content (AvgIpc) is 1.49. The molecule has 4 aliphatic rings. The molecule has 3 nitrogen and oxygen atoms in total. The quantitative estimate of drug-likeness (QED) is 0.111. The molecule has 0 aliphatic heterocycles. The number of aromatic nitrogens is 2. The third kappa shape index (κ3) is 9.10. The molecule has 4 heterocycles. The van der Waals surface area contributed by atoms with Crippen molar-refractivity contribution in [1.29, 1.82) is 0 Å². The minimum atomic E-state index is 0.0408. The molecular formula is C91H83N3. The summed E-state index contributed by atoms with van der Waals surface area (Å²) < 4.78 is 5.43. The summed E-state index contributed by atoms with van der Waals surface area (Å²) in [5, 5.41) is 10.4. The Morgan fingerprint density at radius 2 is 0.617 bits per heavy atom. The summed E-state index contributed by atoms with van der Waals surface area (Å²) >= 11 is 0. The summed E-state index contributed by atoms with van der Waals surface area (Å²) in [7, 11) is 0. The second kappa shape index (κ2) is 23.4. The minimum Gasteiger partial charge on any atom is -0.310 e. The van der Waals surface area contributed by atoms with Crippen molar-refractivity contribution >= 4 is 93.3 Å². The molecular weight excluding hydrogens is 1140 g/mol. The van der Waals surface area contributed by atoms with Crippen molar-refractivity contribution in [3.05, 3.63) is 269 Å². The van der Waals surface area contributed by atoms with Crippen molar-refractivity contribution in [2.75, 3.05) is 4.90 Å². The standard InChI is InChI=1S/C91H83N3/c1-7-23-59(24-8-1)63-43-47-69(48-44-63)81(70-49-45-64(46-50-70)60-25-9-2-10-26-60)73-35-21-40-78-84(73)74-36-19-38-76-86-83(68-33-17-6-18-34-68)91-87(82(67-31-15-5-16-32-67)90(86)93(78)88(74)76)77-39-20-37-75-85-79(41-22-42-80(85)94(91)89(75)77)92(71-55-51-65(52-56-71)61-27-11-3-12-28-61)72-57-53-66(54-58-72)62-29-13-4-14-30-62/h5-6,15-22,31-62,81H,1-4,7-14,23-30H2. The summed E-state index contributed by atoms with van der Waals surface area (Å²) in [6.07, 6.45) is 26.5. The lowest BCUT2D eigenvalue weighted by atomic mass is 9.79. The lowest BCUT2D eigenvalue weighted by molar-refractivity contribution is 0.443. The normalized spacial score (nSPS) is 16.9. The first-order valence-electron chi connectivity index (χ1n) is 36.4. The number of para-hydroxylation sites is 2. The molecule has 4 fully saturated rings. The molecule has 19 rings (SSSR count). The lowest BCUT2D eigenvalue weighted by Gasteiger charge is -2.28. The van der Waals surface area contributed by atoms with Gasteiger partial charge in [0.2, 0.25) is 0 Å². The van der Waals surface area contributed by atoms with E-state index in [1.54, 1.807) is 0 Å². The van der Waals surface area contributed by atoms with Crippen LogP contribution in [0.1, 0.15) is 197 Å². The van der Waals surface area contributed by atoms with E-state index in [1.165, 1.54) is 283 Å². The Hall–Kier alpha value is -9.18. The number of hydrogen-bond donors (Lipinski definition) is 0. The Morgan fingerprint density at radius 1 is 0.277 bits per heavy atom. The van der Waals surface area contributed by atoms with E-state index in [2.05, 4.69) is 244 Å². The number of anilines is 3. The van der Waals surface area contributed by atoms with Crippen molar-refractivity contribution in [3.8, 4) is 22.3 Å². The predicted octanol–water partition coefficient (Wildman–Crippen LogP) is 26.2. The van der Waals surface area contributed by atoms with Gasteiger partial charge in [-0.25, -0.2) is 0 Å². The van der Waals surface area contributed by atoms with Gasteiger partial charge in [0.05, 0.1) is 38.8 Å². The summed E-state index contributed by atoms with van der Waals surface area (Å²) in [5.74, 6) is 2.64. The number of nitrogens with zero attached hydrogens (tertiary/aromatic N) is 3. The van der Waals surface area contributed by atoms with Crippen molar-refractivity contribution < 1.29 is 0 Å². The topological polar surface area (TPSA) is 12.1 Å². The van der Waals surface area contributed by atoms with Crippen molar-refractivity contribution in [2.24, 2.45) is 0 Å². The smallest absolute Gasteiger partial charge is 0.0634 e. The lowest BCUT2D eigenvalue weighted by Crippen LogP contribution is -2.12. The maximum atomic E-state index is 2.73. The molecule has 11 aromatic carbocycles. The maximum Gasteiger partial charge on any atom is 0.0634 e. The Labute approximate surface area is 553 Å². The Bertz CT molecular complexity index is 4780. The van der Waals surface area contributed by atoms with Crippen LogP contribution in [0.15, 0.2) is 231 Å². The molecule has 4 aromatic heterocycles. The highest BCUT2D eigenvalue weighted by molar-refractivity contribution is 6.38. The van der Waals surface area contributed by atoms with Gasteiger partial charge < -0.3 is 13.7 Å². The van der Waals surface area contributed by atoms with Crippen LogP contribution < -0.4 is 4.90 Å². The van der Waals surface area contributed by atoms with E-state index in [0.717, 1.165) is 0 Å². The van der Waals surface area contributed by atoms with Crippen molar-refractivity contribution in [1.82, 2.24) is 8.80 Å². The molecule has 0 spiro atoms.